The molecule has 0 radical (unpaired) electrons. The molecule has 0 unspecified atom stereocenters. The minimum atomic E-state index is -3.20. The van der Waals surface area contributed by atoms with Gasteiger partial charge in [0.2, 0.25) is 0 Å². The highest BCUT2D eigenvalue weighted by molar-refractivity contribution is 7.90. The van der Waals surface area contributed by atoms with Crippen molar-refractivity contribution in [2.75, 3.05) is 25.1 Å². The van der Waals surface area contributed by atoms with Crippen LogP contribution in [0.25, 0.3) is 55.8 Å². The van der Waals surface area contributed by atoms with Gasteiger partial charge in [-0.2, -0.15) is 5.10 Å². The zero-order valence-corrected chi connectivity index (χ0v) is 25.0. The Labute approximate surface area is 256 Å². The van der Waals surface area contributed by atoms with Crippen LogP contribution in [0, 0.1) is 5.82 Å². The summed E-state index contributed by atoms with van der Waals surface area (Å²) in [4.78, 5) is 18.7. The van der Waals surface area contributed by atoms with Gasteiger partial charge in [0.1, 0.15) is 32.5 Å². The first-order chi connectivity index (χ1) is 21.5. The summed E-state index contributed by atoms with van der Waals surface area (Å²) in [6, 6.07) is 13.9. The molecule has 1 fully saturated rings. The van der Waals surface area contributed by atoms with E-state index in [1.54, 1.807) is 35.6 Å². The number of benzene rings is 1. The molecule has 9 nitrogen and oxygen atoms in total. The van der Waals surface area contributed by atoms with Gasteiger partial charge in [0.15, 0.2) is 0 Å². The molecule has 1 aliphatic rings. The van der Waals surface area contributed by atoms with E-state index in [-0.39, 0.29) is 25.1 Å². The fourth-order valence-corrected chi connectivity index (χ4v) is 6.43. The highest BCUT2D eigenvalue weighted by atomic mass is 32.2. The summed E-state index contributed by atoms with van der Waals surface area (Å²) in [7, 11) is -3.20. The second-order valence-electron chi connectivity index (χ2n) is 11.6. The van der Waals surface area contributed by atoms with Gasteiger partial charge in [0.25, 0.3) is 5.92 Å². The number of alkyl halides is 2. The summed E-state index contributed by atoms with van der Waals surface area (Å²) < 4.78 is 65.4. The third-order valence-corrected chi connectivity index (χ3v) is 8.92. The number of hydrogen-bond donors (Lipinski definition) is 2. The van der Waals surface area contributed by atoms with Crippen molar-refractivity contribution in [3.05, 3.63) is 84.1 Å². The molecule has 1 saturated heterocycles. The van der Waals surface area contributed by atoms with Gasteiger partial charge in [-0.05, 0) is 71.1 Å². The standard InChI is InChI=1S/C32H28F3N7O2S/c1-45(43,44)9-5-19-10-21(13-23(33)12-19)24-4-7-37-31-25(24)14-28(39-31)30-29-27(40-41-30)3-2-26(38-29)22-11-20(15-36-16-22)17-42-8-6-32(34,35)18-42/h2-4,7,10-16H,5-6,8-9,17-18H2,1H3,(H,37,39)(H,40,41). The number of nitrogens with one attached hydrogen (secondary N) is 2. The maximum absolute atomic E-state index is 14.6. The predicted molar refractivity (Wildman–Crippen MR) is 166 cm³/mol. The van der Waals surface area contributed by atoms with Gasteiger partial charge in [-0.15, -0.1) is 0 Å². The highest BCUT2D eigenvalue weighted by Gasteiger charge is 2.37. The molecule has 7 rings (SSSR count). The number of aromatic amines is 2. The molecule has 13 heteroatoms. The van der Waals surface area contributed by atoms with Crippen LogP contribution in [0.2, 0.25) is 0 Å². The lowest BCUT2D eigenvalue weighted by atomic mass is 10.00. The normalized spacial score (nSPS) is 15.4. The summed E-state index contributed by atoms with van der Waals surface area (Å²) in [6.07, 6.45) is 6.23. The predicted octanol–water partition coefficient (Wildman–Crippen LogP) is 5.80. The Balaban J connectivity index is 1.22. The average molecular weight is 632 g/mol. The van der Waals surface area contributed by atoms with Crippen LogP contribution in [0.1, 0.15) is 17.5 Å². The van der Waals surface area contributed by atoms with Crippen LogP contribution in [0.4, 0.5) is 13.2 Å². The summed E-state index contributed by atoms with van der Waals surface area (Å²) in [5.74, 6) is -3.19. The first-order valence-electron chi connectivity index (χ1n) is 14.3. The number of hydrogen-bond acceptors (Lipinski definition) is 7. The number of aryl methyl sites for hydroxylation is 1. The Morgan fingerprint density at radius 2 is 1.87 bits per heavy atom. The monoisotopic (exact) mass is 631 g/mol. The van der Waals surface area contributed by atoms with Crippen molar-refractivity contribution in [1.29, 1.82) is 0 Å². The first kappa shape index (κ1) is 29.1. The molecule has 0 bridgehead atoms. The lowest BCUT2D eigenvalue weighted by Crippen LogP contribution is -2.24. The maximum Gasteiger partial charge on any atom is 0.261 e. The van der Waals surface area contributed by atoms with Crippen LogP contribution < -0.4 is 0 Å². The number of likely N-dealkylation sites (tertiary alicyclic amines) is 1. The van der Waals surface area contributed by atoms with E-state index in [4.69, 9.17) is 4.98 Å². The third kappa shape index (κ3) is 6.18. The van der Waals surface area contributed by atoms with E-state index in [2.05, 4.69) is 25.1 Å². The quantitative estimate of drug-likeness (QED) is 0.218. The largest absolute Gasteiger partial charge is 0.338 e. The zero-order valence-electron chi connectivity index (χ0n) is 24.2. The second kappa shape index (κ2) is 11.1. The Morgan fingerprint density at radius 1 is 1.02 bits per heavy atom. The van der Waals surface area contributed by atoms with E-state index in [0.717, 1.165) is 28.3 Å². The SMILES string of the molecule is CS(=O)(=O)CCc1cc(F)cc(-c2ccnc3[nH]c(-c4n[nH]c5ccc(-c6cncc(CN7CCC(F)(F)C7)c6)nc45)cc23)c1. The van der Waals surface area contributed by atoms with Crippen LogP contribution in [0.15, 0.2) is 67.1 Å². The Kier molecular flexibility index (Phi) is 7.16. The molecule has 2 N–H and O–H groups in total. The number of sulfone groups is 1. The fraction of sp³-hybridized carbons (Fsp3) is 0.250. The molecule has 45 heavy (non-hydrogen) atoms. The fourth-order valence-electron chi connectivity index (χ4n) is 5.82. The maximum atomic E-state index is 14.6. The summed E-state index contributed by atoms with van der Waals surface area (Å²) in [5, 5.41) is 8.28. The van der Waals surface area contributed by atoms with Gasteiger partial charge in [0.05, 0.1) is 29.2 Å². The van der Waals surface area contributed by atoms with E-state index < -0.39 is 21.6 Å². The van der Waals surface area contributed by atoms with Gasteiger partial charge in [-0.1, -0.05) is 6.07 Å². The molecular weight excluding hydrogens is 603 g/mol. The number of rotatable bonds is 8. The van der Waals surface area contributed by atoms with Crippen LogP contribution in [-0.4, -0.2) is 74.5 Å². The van der Waals surface area contributed by atoms with Gasteiger partial charge in [-0.3, -0.25) is 15.0 Å². The number of pyridine rings is 3. The molecule has 0 atom stereocenters. The molecule has 6 heterocycles. The van der Waals surface area contributed by atoms with Crippen LogP contribution in [-0.2, 0) is 22.8 Å². The van der Waals surface area contributed by atoms with Crippen molar-refractivity contribution in [3.8, 4) is 33.8 Å². The van der Waals surface area contributed by atoms with Crippen molar-refractivity contribution < 1.29 is 21.6 Å². The number of H-pyrrole nitrogens is 2. The summed E-state index contributed by atoms with van der Waals surface area (Å²) in [6.45, 7) is 0.458. The van der Waals surface area contributed by atoms with Gasteiger partial charge < -0.3 is 4.98 Å². The highest BCUT2D eigenvalue weighted by Crippen LogP contribution is 2.34. The van der Waals surface area contributed by atoms with Gasteiger partial charge in [0, 0.05) is 55.3 Å². The number of nitrogens with zero attached hydrogens (tertiary/aromatic N) is 5. The zero-order chi connectivity index (χ0) is 31.3. The van der Waals surface area contributed by atoms with Crippen molar-refractivity contribution in [2.24, 2.45) is 0 Å². The smallest absolute Gasteiger partial charge is 0.261 e. The first-order valence-corrected chi connectivity index (χ1v) is 16.4. The summed E-state index contributed by atoms with van der Waals surface area (Å²) in [5.41, 5.74) is 7.26. The van der Waals surface area contributed by atoms with E-state index >= 15 is 0 Å². The summed E-state index contributed by atoms with van der Waals surface area (Å²) >= 11 is 0. The second-order valence-corrected chi connectivity index (χ2v) is 13.9. The minimum Gasteiger partial charge on any atom is -0.338 e. The third-order valence-electron chi connectivity index (χ3n) is 7.97. The van der Waals surface area contributed by atoms with Crippen molar-refractivity contribution in [3.63, 3.8) is 0 Å². The Bertz CT molecular complexity index is 2180. The lowest BCUT2D eigenvalue weighted by Gasteiger charge is -2.15. The molecule has 1 aliphatic heterocycles. The van der Waals surface area contributed by atoms with Gasteiger partial charge >= 0.3 is 0 Å². The van der Waals surface area contributed by atoms with Crippen molar-refractivity contribution in [1.82, 2.24) is 35.0 Å². The van der Waals surface area contributed by atoms with E-state index in [9.17, 15) is 21.6 Å². The molecule has 0 amide bonds. The molecule has 6 aromatic rings. The molecule has 1 aromatic carbocycles. The molecule has 0 saturated carbocycles. The minimum absolute atomic E-state index is 0.0745. The van der Waals surface area contributed by atoms with Crippen molar-refractivity contribution >= 4 is 31.9 Å². The molecule has 230 valence electrons. The topological polar surface area (TPSA) is 121 Å². The number of fused-ring (bicyclic) bond motifs is 2. The van der Waals surface area contributed by atoms with E-state index in [0.29, 0.717) is 58.0 Å². The molecule has 0 spiro atoms. The average Bonchev–Trinajstić information content (AvgIpc) is 3.71. The van der Waals surface area contributed by atoms with Crippen LogP contribution in [0.5, 0.6) is 0 Å². The van der Waals surface area contributed by atoms with Crippen LogP contribution >= 0.6 is 0 Å². The lowest BCUT2D eigenvalue weighted by molar-refractivity contribution is 0.0115. The number of aromatic nitrogens is 6. The Hall–Kier alpha value is -4.62. The van der Waals surface area contributed by atoms with Crippen molar-refractivity contribution in [2.45, 2.75) is 25.3 Å². The van der Waals surface area contributed by atoms with Crippen LogP contribution in [0.3, 0.4) is 0 Å². The van der Waals surface area contributed by atoms with E-state index in [1.807, 2.05) is 24.3 Å². The Morgan fingerprint density at radius 3 is 2.67 bits per heavy atom. The van der Waals surface area contributed by atoms with Gasteiger partial charge in [-0.25, -0.2) is 31.6 Å². The molecular formula is C32H28F3N7O2S. The van der Waals surface area contributed by atoms with E-state index in [1.165, 1.54) is 12.1 Å². The number of halogens is 3. The molecule has 0 aliphatic carbocycles. The molecule has 5 aromatic heterocycles.